The Morgan fingerprint density at radius 2 is 2.11 bits per heavy atom. The number of carbonyl (C=O) groups excluding carboxylic acids is 2. The summed E-state index contributed by atoms with van der Waals surface area (Å²) in [7, 11) is 1.70. The maximum atomic E-state index is 12.1. The molecule has 1 aromatic rings. The summed E-state index contributed by atoms with van der Waals surface area (Å²) in [5, 5.41) is 10.0. The number of hydrogen-bond donors (Lipinski definition) is 1. The van der Waals surface area contributed by atoms with Gasteiger partial charge in [0.25, 0.3) is 5.91 Å². The van der Waals surface area contributed by atoms with E-state index >= 15 is 0 Å². The molecule has 2 amide bonds. The van der Waals surface area contributed by atoms with Crippen LogP contribution in [0.1, 0.15) is 10.4 Å². The fourth-order valence-corrected chi connectivity index (χ4v) is 1.95. The first-order valence-corrected chi connectivity index (χ1v) is 5.88. The molecule has 0 bridgehead atoms. The van der Waals surface area contributed by atoms with Crippen molar-refractivity contribution < 1.29 is 14.7 Å². The number of piperazine rings is 1. The molecule has 1 saturated heterocycles. The van der Waals surface area contributed by atoms with Crippen LogP contribution in [0.4, 0.5) is 0 Å². The average molecular weight is 269 g/mol. The lowest BCUT2D eigenvalue weighted by Gasteiger charge is -2.32. The molecule has 1 aromatic carbocycles. The van der Waals surface area contributed by atoms with Gasteiger partial charge in [-0.1, -0.05) is 11.6 Å². The summed E-state index contributed by atoms with van der Waals surface area (Å²) < 4.78 is 0. The standard InChI is InChI=1S/C12H13ClN2O3/c1-14-4-5-15(7-11(14)17)12(18)9-3-2-8(13)6-10(9)16/h2-3,6,16H,4-5,7H2,1H3. The van der Waals surface area contributed by atoms with Gasteiger partial charge in [-0.05, 0) is 18.2 Å². The molecule has 1 aliphatic heterocycles. The number of carbonyl (C=O) groups is 2. The predicted molar refractivity (Wildman–Crippen MR) is 66.7 cm³/mol. The summed E-state index contributed by atoms with van der Waals surface area (Å²) in [6.07, 6.45) is 0. The van der Waals surface area contributed by atoms with Crippen molar-refractivity contribution in [1.82, 2.24) is 9.80 Å². The molecule has 5 nitrogen and oxygen atoms in total. The van der Waals surface area contributed by atoms with E-state index < -0.39 is 0 Å². The fourth-order valence-electron chi connectivity index (χ4n) is 1.79. The van der Waals surface area contributed by atoms with Crippen molar-refractivity contribution in [3.05, 3.63) is 28.8 Å². The third-order valence-corrected chi connectivity index (χ3v) is 3.17. The van der Waals surface area contributed by atoms with E-state index in [1.807, 2.05) is 0 Å². The molecule has 18 heavy (non-hydrogen) atoms. The minimum atomic E-state index is -0.356. The molecule has 2 rings (SSSR count). The highest BCUT2D eigenvalue weighted by Crippen LogP contribution is 2.23. The van der Waals surface area contributed by atoms with Crippen LogP contribution in [0.25, 0.3) is 0 Å². The summed E-state index contributed by atoms with van der Waals surface area (Å²) in [5.41, 5.74) is 0.164. The number of aromatic hydroxyl groups is 1. The second-order valence-electron chi connectivity index (χ2n) is 4.20. The van der Waals surface area contributed by atoms with E-state index in [9.17, 15) is 14.7 Å². The van der Waals surface area contributed by atoms with Crippen LogP contribution >= 0.6 is 11.6 Å². The van der Waals surface area contributed by atoms with Crippen LogP contribution in [-0.4, -0.2) is 53.4 Å². The number of nitrogens with zero attached hydrogens (tertiary/aromatic N) is 2. The van der Waals surface area contributed by atoms with Crippen molar-refractivity contribution in [2.75, 3.05) is 26.7 Å². The van der Waals surface area contributed by atoms with Crippen LogP contribution in [0.3, 0.4) is 0 Å². The largest absolute Gasteiger partial charge is 0.507 e. The molecule has 0 saturated carbocycles. The molecule has 96 valence electrons. The molecule has 6 heteroatoms. The van der Waals surface area contributed by atoms with Gasteiger partial charge in [-0.3, -0.25) is 9.59 Å². The van der Waals surface area contributed by atoms with Crippen LogP contribution in [0.2, 0.25) is 5.02 Å². The molecule has 1 N–H and O–H groups in total. The first kappa shape index (κ1) is 12.7. The van der Waals surface area contributed by atoms with E-state index in [0.29, 0.717) is 18.1 Å². The topological polar surface area (TPSA) is 60.9 Å². The van der Waals surface area contributed by atoms with Crippen molar-refractivity contribution in [2.45, 2.75) is 0 Å². The van der Waals surface area contributed by atoms with E-state index in [0.717, 1.165) is 0 Å². The van der Waals surface area contributed by atoms with Gasteiger partial charge < -0.3 is 14.9 Å². The van der Waals surface area contributed by atoms with E-state index in [1.54, 1.807) is 11.9 Å². The number of hydrogen-bond acceptors (Lipinski definition) is 3. The third kappa shape index (κ3) is 2.41. The van der Waals surface area contributed by atoms with Crippen LogP contribution in [0, 0.1) is 0 Å². The maximum absolute atomic E-state index is 12.1. The summed E-state index contributed by atoms with van der Waals surface area (Å²) >= 11 is 5.70. The second kappa shape index (κ2) is 4.86. The van der Waals surface area contributed by atoms with Gasteiger partial charge in [0.05, 0.1) is 5.56 Å². The monoisotopic (exact) mass is 268 g/mol. The van der Waals surface area contributed by atoms with Crippen molar-refractivity contribution in [1.29, 1.82) is 0 Å². The highest BCUT2D eigenvalue weighted by molar-refractivity contribution is 6.30. The average Bonchev–Trinajstić information content (AvgIpc) is 2.32. The van der Waals surface area contributed by atoms with Gasteiger partial charge in [-0.25, -0.2) is 0 Å². The van der Waals surface area contributed by atoms with Crippen molar-refractivity contribution in [3.8, 4) is 5.75 Å². The highest BCUT2D eigenvalue weighted by atomic mass is 35.5. The molecule has 0 unspecified atom stereocenters. The van der Waals surface area contributed by atoms with Crippen LogP contribution in [0.15, 0.2) is 18.2 Å². The Kier molecular flexibility index (Phi) is 3.43. The van der Waals surface area contributed by atoms with Crippen LogP contribution < -0.4 is 0 Å². The fraction of sp³-hybridized carbons (Fsp3) is 0.333. The van der Waals surface area contributed by atoms with E-state index in [2.05, 4.69) is 0 Å². The zero-order valence-electron chi connectivity index (χ0n) is 9.89. The van der Waals surface area contributed by atoms with E-state index in [-0.39, 0.29) is 29.7 Å². The van der Waals surface area contributed by atoms with Gasteiger partial charge in [-0.15, -0.1) is 0 Å². The van der Waals surface area contributed by atoms with Crippen molar-refractivity contribution in [3.63, 3.8) is 0 Å². The smallest absolute Gasteiger partial charge is 0.258 e. The third-order valence-electron chi connectivity index (χ3n) is 2.93. The molecule has 0 radical (unpaired) electrons. The molecule has 1 fully saturated rings. The van der Waals surface area contributed by atoms with Crippen molar-refractivity contribution in [2.24, 2.45) is 0 Å². The Morgan fingerprint density at radius 1 is 1.39 bits per heavy atom. The lowest BCUT2D eigenvalue weighted by molar-refractivity contribution is -0.133. The molecule has 0 aromatic heterocycles. The molecule has 0 aliphatic carbocycles. The van der Waals surface area contributed by atoms with Crippen molar-refractivity contribution >= 4 is 23.4 Å². The number of benzene rings is 1. The van der Waals surface area contributed by atoms with Crippen LogP contribution in [-0.2, 0) is 4.79 Å². The zero-order chi connectivity index (χ0) is 13.3. The summed E-state index contributed by atoms with van der Waals surface area (Å²) in [6.45, 7) is 0.999. The SMILES string of the molecule is CN1CCN(C(=O)c2ccc(Cl)cc2O)CC1=O. The first-order chi connectivity index (χ1) is 8.49. The predicted octanol–water partition coefficient (Wildman–Crippen LogP) is 0.960. The summed E-state index contributed by atoms with van der Waals surface area (Å²) in [6, 6.07) is 4.31. The Hall–Kier alpha value is -1.75. The van der Waals surface area contributed by atoms with Gasteiger partial charge in [0.2, 0.25) is 5.91 Å². The molecular weight excluding hydrogens is 256 g/mol. The second-order valence-corrected chi connectivity index (χ2v) is 4.64. The van der Waals surface area contributed by atoms with Gasteiger partial charge >= 0.3 is 0 Å². The van der Waals surface area contributed by atoms with Gasteiger partial charge in [-0.2, -0.15) is 0 Å². The van der Waals surface area contributed by atoms with Crippen LogP contribution in [0.5, 0.6) is 5.75 Å². The number of likely N-dealkylation sites (N-methyl/N-ethyl adjacent to an activating group) is 1. The van der Waals surface area contributed by atoms with E-state index in [4.69, 9.17) is 11.6 Å². The molecular formula is C12H13ClN2O3. The minimum Gasteiger partial charge on any atom is -0.507 e. The van der Waals surface area contributed by atoms with Gasteiger partial charge in [0.15, 0.2) is 0 Å². The number of phenols is 1. The molecule has 1 aliphatic rings. The van der Waals surface area contributed by atoms with Gasteiger partial charge in [0, 0.05) is 25.2 Å². The molecule has 0 atom stereocenters. The van der Waals surface area contributed by atoms with Gasteiger partial charge in [0.1, 0.15) is 12.3 Å². The quantitative estimate of drug-likeness (QED) is 0.825. The summed E-state index contributed by atoms with van der Waals surface area (Å²) in [5.74, 6) is -0.632. The Bertz CT molecular complexity index is 504. The minimum absolute atomic E-state index is 0.0391. The van der Waals surface area contributed by atoms with E-state index in [1.165, 1.54) is 23.1 Å². The Balaban J connectivity index is 2.19. The lowest BCUT2D eigenvalue weighted by Crippen LogP contribution is -2.50. The molecule has 1 heterocycles. The maximum Gasteiger partial charge on any atom is 0.258 e. The number of amides is 2. The number of phenolic OH excluding ortho intramolecular Hbond substituents is 1. The summed E-state index contributed by atoms with van der Waals surface area (Å²) in [4.78, 5) is 26.7. The normalized spacial score (nSPS) is 16.0. The lowest BCUT2D eigenvalue weighted by atomic mass is 10.1. The molecule has 0 spiro atoms. The number of halogens is 1. The number of rotatable bonds is 1. The first-order valence-electron chi connectivity index (χ1n) is 5.51. The highest BCUT2D eigenvalue weighted by Gasteiger charge is 2.26. The Labute approximate surface area is 110 Å². The zero-order valence-corrected chi connectivity index (χ0v) is 10.6. The Morgan fingerprint density at radius 3 is 2.72 bits per heavy atom.